The van der Waals surface area contributed by atoms with Crippen molar-refractivity contribution < 1.29 is 0 Å². The second kappa shape index (κ2) is 8.66. The average Bonchev–Trinajstić information content (AvgIpc) is 2.96. The summed E-state index contributed by atoms with van der Waals surface area (Å²) in [7, 11) is 0. The smallest absolute Gasteiger partial charge is 0.0143 e. The molecular formula is C36H26. The highest BCUT2D eigenvalue weighted by molar-refractivity contribution is 6.01. The highest BCUT2D eigenvalue weighted by Gasteiger charge is 2.30. The molecular weight excluding hydrogens is 432 g/mol. The summed E-state index contributed by atoms with van der Waals surface area (Å²) in [5, 5.41) is 5.29. The molecule has 5 aromatic carbocycles. The zero-order valence-electron chi connectivity index (χ0n) is 20.1. The molecule has 0 N–H and O–H groups in total. The number of rotatable bonds is 3. The molecule has 0 spiro atoms. The van der Waals surface area contributed by atoms with Gasteiger partial charge < -0.3 is 0 Å². The normalized spacial score (nSPS) is 16.4. The lowest BCUT2D eigenvalue weighted by Crippen LogP contribution is -2.39. The standard InChI is InChI=1S/C36H26/c1-4-14-25(15-5-1)33-30-22-12-13-23-31(30)35(27-18-8-3-9-19-27)36-32(33)24-28-20-10-11-21-29(28)34(36)26-16-6-2-7-17-26/h1-22,24,31H,23H2. The van der Waals surface area contributed by atoms with Crippen LogP contribution in [0.2, 0.25) is 0 Å². The predicted molar refractivity (Wildman–Crippen MR) is 152 cm³/mol. The molecule has 0 amide bonds. The van der Waals surface area contributed by atoms with Crippen molar-refractivity contribution in [3.8, 4) is 11.1 Å². The minimum Gasteiger partial charge on any atom is -0.0836 e. The summed E-state index contributed by atoms with van der Waals surface area (Å²) in [6.45, 7) is 0. The maximum atomic E-state index is 2.43. The first-order valence-corrected chi connectivity index (χ1v) is 12.7. The Kier molecular flexibility index (Phi) is 5.03. The Morgan fingerprint density at radius 3 is 1.92 bits per heavy atom. The molecule has 7 rings (SSSR count). The van der Waals surface area contributed by atoms with E-state index in [4.69, 9.17) is 0 Å². The van der Waals surface area contributed by atoms with Crippen LogP contribution in [0.5, 0.6) is 0 Å². The third kappa shape index (κ3) is 3.30. The summed E-state index contributed by atoms with van der Waals surface area (Å²) < 4.78 is 0. The van der Waals surface area contributed by atoms with Gasteiger partial charge in [0.25, 0.3) is 0 Å². The lowest BCUT2D eigenvalue weighted by atomic mass is 9.71. The van der Waals surface area contributed by atoms with E-state index in [1.165, 1.54) is 60.2 Å². The molecule has 1 unspecified atom stereocenters. The molecule has 0 heterocycles. The van der Waals surface area contributed by atoms with Crippen LogP contribution in [0.25, 0.3) is 33.0 Å². The Hall–Kier alpha value is -4.42. The first-order valence-electron chi connectivity index (χ1n) is 12.7. The maximum absolute atomic E-state index is 2.43. The molecule has 0 radical (unpaired) electrons. The van der Waals surface area contributed by atoms with Gasteiger partial charge in [0.2, 0.25) is 0 Å². The molecule has 5 aromatic rings. The van der Waals surface area contributed by atoms with Crippen LogP contribution in [0.3, 0.4) is 0 Å². The van der Waals surface area contributed by atoms with Gasteiger partial charge in [-0.3, -0.25) is 0 Å². The molecule has 0 aromatic heterocycles. The Labute approximate surface area is 211 Å². The van der Waals surface area contributed by atoms with Gasteiger partial charge in [0.1, 0.15) is 0 Å². The topological polar surface area (TPSA) is 0 Å². The molecule has 0 aliphatic heterocycles. The van der Waals surface area contributed by atoms with Crippen LogP contribution in [0.15, 0.2) is 145 Å². The van der Waals surface area contributed by atoms with Crippen molar-refractivity contribution in [3.05, 3.63) is 167 Å². The van der Waals surface area contributed by atoms with Crippen molar-refractivity contribution in [2.75, 3.05) is 0 Å². The lowest BCUT2D eigenvalue weighted by molar-refractivity contribution is 0.798. The molecule has 170 valence electrons. The van der Waals surface area contributed by atoms with Gasteiger partial charge in [-0.1, -0.05) is 133 Å². The van der Waals surface area contributed by atoms with Gasteiger partial charge in [0.05, 0.1) is 0 Å². The van der Waals surface area contributed by atoms with Crippen molar-refractivity contribution in [1.82, 2.24) is 0 Å². The zero-order valence-corrected chi connectivity index (χ0v) is 20.1. The van der Waals surface area contributed by atoms with E-state index in [1.54, 1.807) is 0 Å². The van der Waals surface area contributed by atoms with E-state index in [-0.39, 0.29) is 0 Å². The summed E-state index contributed by atoms with van der Waals surface area (Å²) in [6, 6.07) is 44.2. The second-order valence-corrected chi connectivity index (χ2v) is 9.62. The monoisotopic (exact) mass is 458 g/mol. The van der Waals surface area contributed by atoms with Gasteiger partial charge in [-0.15, -0.1) is 0 Å². The van der Waals surface area contributed by atoms with Gasteiger partial charge in [-0.25, -0.2) is 0 Å². The summed E-state index contributed by atoms with van der Waals surface area (Å²) in [5.74, 6) is 0.309. The van der Waals surface area contributed by atoms with Crippen molar-refractivity contribution in [2.24, 2.45) is 5.92 Å². The quantitative estimate of drug-likeness (QED) is 0.264. The fraction of sp³-hybridized carbons (Fsp3) is 0.0556. The van der Waals surface area contributed by atoms with E-state index in [1.807, 2.05) is 0 Å². The van der Waals surface area contributed by atoms with E-state index >= 15 is 0 Å². The van der Waals surface area contributed by atoms with E-state index in [2.05, 4.69) is 140 Å². The molecule has 0 saturated carbocycles. The third-order valence-electron chi connectivity index (χ3n) is 7.59. The van der Waals surface area contributed by atoms with Gasteiger partial charge in [0.15, 0.2) is 0 Å². The molecule has 0 nitrogen and oxygen atoms in total. The minimum atomic E-state index is 0.309. The van der Waals surface area contributed by atoms with Crippen molar-refractivity contribution in [1.29, 1.82) is 0 Å². The minimum absolute atomic E-state index is 0.309. The molecule has 1 atom stereocenters. The van der Waals surface area contributed by atoms with E-state index in [0.29, 0.717) is 5.92 Å². The van der Waals surface area contributed by atoms with Crippen molar-refractivity contribution >= 4 is 21.9 Å². The summed E-state index contributed by atoms with van der Waals surface area (Å²) >= 11 is 0. The van der Waals surface area contributed by atoms with Crippen LogP contribution in [-0.2, 0) is 0 Å². The molecule has 0 bridgehead atoms. The number of allylic oxidation sites excluding steroid dienone is 4. The third-order valence-corrected chi connectivity index (χ3v) is 7.59. The first kappa shape index (κ1) is 20.9. The molecule has 2 aliphatic carbocycles. The van der Waals surface area contributed by atoms with E-state index < -0.39 is 0 Å². The molecule has 0 saturated heterocycles. The van der Waals surface area contributed by atoms with Crippen LogP contribution in [0.1, 0.15) is 17.5 Å². The zero-order chi connectivity index (χ0) is 23.9. The Balaban J connectivity index is 1.80. The van der Waals surface area contributed by atoms with Crippen LogP contribution < -0.4 is 10.4 Å². The van der Waals surface area contributed by atoms with Gasteiger partial charge >= 0.3 is 0 Å². The van der Waals surface area contributed by atoms with E-state index in [9.17, 15) is 0 Å². The average molecular weight is 459 g/mol. The summed E-state index contributed by atoms with van der Waals surface area (Å²) in [6.07, 6.45) is 7.92. The van der Waals surface area contributed by atoms with Crippen molar-refractivity contribution in [2.45, 2.75) is 6.42 Å². The summed E-state index contributed by atoms with van der Waals surface area (Å²) in [4.78, 5) is 0. The first-order chi connectivity index (χ1) is 17.9. The van der Waals surface area contributed by atoms with Gasteiger partial charge in [0, 0.05) is 5.92 Å². The number of fused-ring (bicyclic) bond motifs is 3. The van der Waals surface area contributed by atoms with Crippen LogP contribution in [-0.4, -0.2) is 0 Å². The molecule has 36 heavy (non-hydrogen) atoms. The highest BCUT2D eigenvalue weighted by atomic mass is 14.3. The van der Waals surface area contributed by atoms with E-state index in [0.717, 1.165) is 6.42 Å². The summed E-state index contributed by atoms with van der Waals surface area (Å²) in [5.41, 5.74) is 9.42. The van der Waals surface area contributed by atoms with Crippen LogP contribution >= 0.6 is 0 Å². The predicted octanol–water partition coefficient (Wildman–Crippen LogP) is 7.42. The SMILES string of the molecule is C1=CCC2C(=C1)C(c1ccccc1)=c1cc3ccccc3c(-c3ccccc3)c1=C2c1ccccc1. The Morgan fingerprint density at radius 1 is 0.583 bits per heavy atom. The fourth-order valence-electron chi connectivity index (χ4n) is 6.11. The molecule has 0 heteroatoms. The Morgan fingerprint density at radius 2 is 1.19 bits per heavy atom. The maximum Gasteiger partial charge on any atom is 0.0143 e. The van der Waals surface area contributed by atoms with Crippen molar-refractivity contribution in [3.63, 3.8) is 0 Å². The van der Waals surface area contributed by atoms with Crippen LogP contribution in [0.4, 0.5) is 0 Å². The lowest BCUT2D eigenvalue weighted by Gasteiger charge is -2.32. The Bertz CT molecular complexity index is 1770. The fourth-order valence-corrected chi connectivity index (χ4v) is 6.11. The second-order valence-electron chi connectivity index (χ2n) is 9.62. The van der Waals surface area contributed by atoms with Gasteiger partial charge in [-0.2, -0.15) is 0 Å². The molecule has 0 fully saturated rings. The molecule has 2 aliphatic rings. The van der Waals surface area contributed by atoms with Crippen LogP contribution in [0, 0.1) is 5.92 Å². The van der Waals surface area contributed by atoms with Gasteiger partial charge in [-0.05, 0) is 72.7 Å². The number of hydrogen-bond acceptors (Lipinski definition) is 0. The number of benzene rings is 5. The highest BCUT2D eigenvalue weighted by Crippen LogP contribution is 2.41. The number of hydrogen-bond donors (Lipinski definition) is 0. The largest absolute Gasteiger partial charge is 0.0836 e.